The molecule has 130 valence electrons. The van der Waals surface area contributed by atoms with Gasteiger partial charge in [-0.05, 0) is 49.4 Å². The van der Waals surface area contributed by atoms with E-state index in [1.807, 2.05) is 53.4 Å². The first kappa shape index (κ1) is 16.2. The number of carbonyl (C=O) groups is 1. The third kappa shape index (κ3) is 2.91. The lowest BCUT2D eigenvalue weighted by molar-refractivity contribution is 0.0386. The van der Waals surface area contributed by atoms with Crippen LogP contribution >= 0.6 is 0 Å². The lowest BCUT2D eigenvalue weighted by atomic mass is 10.0. The minimum Gasteiger partial charge on any atom is -0.496 e. The van der Waals surface area contributed by atoms with E-state index in [1.165, 1.54) is 0 Å². The summed E-state index contributed by atoms with van der Waals surface area (Å²) in [6.07, 6.45) is 3.48. The quantitative estimate of drug-likeness (QED) is 0.929. The van der Waals surface area contributed by atoms with Crippen LogP contribution in [0.2, 0.25) is 0 Å². The van der Waals surface area contributed by atoms with Crippen LogP contribution < -0.4 is 4.74 Å². The Balaban J connectivity index is 1.64. The SMILES string of the molecule is COc1ccccc1-c1cccc(C(=O)N2CCCC2C2(O)CC2)c1. The van der Waals surface area contributed by atoms with E-state index in [2.05, 4.69) is 0 Å². The number of amides is 1. The van der Waals surface area contributed by atoms with Crippen LogP contribution in [0.3, 0.4) is 0 Å². The molecule has 25 heavy (non-hydrogen) atoms. The highest BCUT2D eigenvalue weighted by atomic mass is 16.5. The van der Waals surface area contributed by atoms with Gasteiger partial charge < -0.3 is 14.7 Å². The lowest BCUT2D eigenvalue weighted by Gasteiger charge is -2.29. The number of likely N-dealkylation sites (tertiary alicyclic amines) is 1. The molecule has 1 atom stereocenters. The number of para-hydroxylation sites is 1. The van der Waals surface area contributed by atoms with E-state index in [-0.39, 0.29) is 11.9 Å². The normalized spacial score (nSPS) is 21.2. The Morgan fingerprint density at radius 2 is 2.00 bits per heavy atom. The number of methoxy groups -OCH3 is 1. The monoisotopic (exact) mass is 337 g/mol. The molecule has 0 spiro atoms. The second-order valence-electron chi connectivity index (χ2n) is 7.04. The number of nitrogens with zero attached hydrogens (tertiary/aromatic N) is 1. The Morgan fingerprint density at radius 3 is 2.76 bits per heavy atom. The first-order valence-electron chi connectivity index (χ1n) is 8.89. The zero-order valence-corrected chi connectivity index (χ0v) is 14.4. The van der Waals surface area contributed by atoms with Crippen molar-refractivity contribution in [1.82, 2.24) is 4.90 Å². The molecular formula is C21H23NO3. The van der Waals surface area contributed by atoms with E-state index in [4.69, 9.17) is 4.74 Å². The zero-order valence-electron chi connectivity index (χ0n) is 14.4. The Labute approximate surface area is 148 Å². The molecule has 1 amide bonds. The number of hydrogen-bond donors (Lipinski definition) is 1. The van der Waals surface area contributed by atoms with Crippen molar-refractivity contribution in [2.75, 3.05) is 13.7 Å². The third-order valence-electron chi connectivity index (χ3n) is 5.42. The van der Waals surface area contributed by atoms with Crippen LogP contribution in [0.5, 0.6) is 5.75 Å². The Hall–Kier alpha value is -2.33. The molecule has 2 aromatic carbocycles. The van der Waals surface area contributed by atoms with E-state index in [0.29, 0.717) is 5.56 Å². The minimum atomic E-state index is -0.646. The number of benzene rings is 2. The highest BCUT2D eigenvalue weighted by molar-refractivity contribution is 5.96. The summed E-state index contributed by atoms with van der Waals surface area (Å²) in [6.45, 7) is 0.727. The first-order chi connectivity index (χ1) is 12.1. The van der Waals surface area contributed by atoms with Gasteiger partial charge in [0.2, 0.25) is 0 Å². The van der Waals surface area contributed by atoms with Gasteiger partial charge in [-0.25, -0.2) is 0 Å². The summed E-state index contributed by atoms with van der Waals surface area (Å²) in [4.78, 5) is 14.9. The van der Waals surface area contributed by atoms with Gasteiger partial charge in [-0.1, -0.05) is 30.3 Å². The van der Waals surface area contributed by atoms with Crippen LogP contribution in [0.1, 0.15) is 36.0 Å². The van der Waals surface area contributed by atoms with Gasteiger partial charge in [-0.2, -0.15) is 0 Å². The maximum atomic E-state index is 13.1. The van der Waals surface area contributed by atoms with Crippen LogP contribution in [0.4, 0.5) is 0 Å². The lowest BCUT2D eigenvalue weighted by Crippen LogP contribution is -2.44. The van der Waals surface area contributed by atoms with Crippen molar-refractivity contribution >= 4 is 5.91 Å². The molecule has 0 aromatic heterocycles. The number of hydrogen-bond acceptors (Lipinski definition) is 3. The molecule has 1 unspecified atom stereocenters. The number of rotatable bonds is 4. The fourth-order valence-corrected chi connectivity index (χ4v) is 3.90. The summed E-state index contributed by atoms with van der Waals surface area (Å²) in [5.74, 6) is 0.804. The van der Waals surface area contributed by atoms with Gasteiger partial charge in [0.25, 0.3) is 5.91 Å². The van der Waals surface area contributed by atoms with Crippen LogP contribution in [-0.2, 0) is 0 Å². The second kappa shape index (κ2) is 6.19. The molecule has 0 bridgehead atoms. The topological polar surface area (TPSA) is 49.8 Å². The summed E-state index contributed by atoms with van der Waals surface area (Å²) < 4.78 is 5.44. The van der Waals surface area contributed by atoms with Gasteiger partial charge in [0.05, 0.1) is 18.8 Å². The van der Waals surface area contributed by atoms with Gasteiger partial charge in [0.1, 0.15) is 5.75 Å². The van der Waals surface area contributed by atoms with Gasteiger partial charge in [-0.3, -0.25) is 4.79 Å². The Morgan fingerprint density at radius 1 is 1.20 bits per heavy atom. The fourth-order valence-electron chi connectivity index (χ4n) is 3.90. The molecule has 1 heterocycles. The predicted octanol–water partition coefficient (Wildman–Crippen LogP) is 3.49. The molecule has 1 saturated carbocycles. The van der Waals surface area contributed by atoms with Crippen LogP contribution in [0.15, 0.2) is 48.5 Å². The molecule has 1 aliphatic heterocycles. The average Bonchev–Trinajstić information content (AvgIpc) is 3.21. The largest absolute Gasteiger partial charge is 0.496 e. The first-order valence-corrected chi connectivity index (χ1v) is 8.89. The van der Waals surface area contributed by atoms with Crippen LogP contribution in [0.25, 0.3) is 11.1 Å². The molecule has 4 nitrogen and oxygen atoms in total. The van der Waals surface area contributed by atoms with Crippen LogP contribution in [0, 0.1) is 0 Å². The highest BCUT2D eigenvalue weighted by Gasteiger charge is 2.52. The zero-order chi connectivity index (χ0) is 17.4. The van der Waals surface area contributed by atoms with Crippen molar-refractivity contribution in [2.24, 2.45) is 0 Å². The molecule has 1 aliphatic carbocycles. The van der Waals surface area contributed by atoms with Crippen LogP contribution in [-0.4, -0.2) is 41.2 Å². The summed E-state index contributed by atoms with van der Waals surface area (Å²) in [5.41, 5.74) is 1.95. The van der Waals surface area contributed by atoms with Gasteiger partial charge in [-0.15, -0.1) is 0 Å². The summed E-state index contributed by atoms with van der Waals surface area (Å²) in [6, 6.07) is 15.5. The Kier molecular flexibility index (Phi) is 4.00. The smallest absolute Gasteiger partial charge is 0.254 e. The minimum absolute atomic E-state index is 0.0135. The van der Waals surface area contributed by atoms with E-state index >= 15 is 0 Å². The van der Waals surface area contributed by atoms with E-state index in [1.54, 1.807) is 7.11 Å². The van der Waals surface area contributed by atoms with Gasteiger partial charge in [0, 0.05) is 17.7 Å². The fraction of sp³-hybridized carbons (Fsp3) is 0.381. The molecule has 1 saturated heterocycles. The van der Waals surface area contributed by atoms with Crippen molar-refractivity contribution in [3.05, 3.63) is 54.1 Å². The van der Waals surface area contributed by atoms with Crippen molar-refractivity contribution in [3.8, 4) is 16.9 Å². The highest BCUT2D eigenvalue weighted by Crippen LogP contribution is 2.45. The predicted molar refractivity (Wildman–Crippen MR) is 96.7 cm³/mol. The molecule has 2 aliphatic rings. The number of carbonyl (C=O) groups excluding carboxylic acids is 1. The molecule has 4 rings (SSSR count). The number of ether oxygens (including phenoxy) is 1. The van der Waals surface area contributed by atoms with Crippen molar-refractivity contribution in [2.45, 2.75) is 37.3 Å². The van der Waals surface area contributed by atoms with E-state index in [9.17, 15) is 9.90 Å². The third-order valence-corrected chi connectivity index (χ3v) is 5.42. The van der Waals surface area contributed by atoms with Gasteiger partial charge >= 0.3 is 0 Å². The van der Waals surface area contributed by atoms with Gasteiger partial charge in [0.15, 0.2) is 0 Å². The van der Waals surface area contributed by atoms with Crippen molar-refractivity contribution in [1.29, 1.82) is 0 Å². The molecule has 2 fully saturated rings. The standard InChI is InChI=1S/C21H23NO3/c1-25-18-9-3-2-8-17(18)15-6-4-7-16(14-15)20(23)22-13-5-10-19(22)21(24)11-12-21/h2-4,6-9,14,19,24H,5,10-13H2,1H3. The maximum absolute atomic E-state index is 13.1. The molecule has 4 heteroatoms. The molecule has 0 radical (unpaired) electrons. The van der Waals surface area contributed by atoms with E-state index in [0.717, 1.165) is 49.1 Å². The summed E-state index contributed by atoms with van der Waals surface area (Å²) in [5, 5.41) is 10.5. The average molecular weight is 337 g/mol. The van der Waals surface area contributed by atoms with Crippen molar-refractivity contribution < 1.29 is 14.6 Å². The summed E-state index contributed by atoms with van der Waals surface area (Å²) >= 11 is 0. The number of aliphatic hydroxyl groups is 1. The Bertz CT molecular complexity index is 797. The second-order valence-corrected chi connectivity index (χ2v) is 7.04. The van der Waals surface area contributed by atoms with Crippen molar-refractivity contribution in [3.63, 3.8) is 0 Å². The molecular weight excluding hydrogens is 314 g/mol. The molecule has 2 aromatic rings. The molecule has 1 N–H and O–H groups in total. The van der Waals surface area contributed by atoms with E-state index < -0.39 is 5.60 Å². The maximum Gasteiger partial charge on any atom is 0.254 e. The summed E-state index contributed by atoms with van der Waals surface area (Å²) in [7, 11) is 1.65.